The van der Waals surface area contributed by atoms with E-state index in [0.717, 1.165) is 50.6 Å². The number of furan rings is 1. The molecule has 3 rings (SSSR count). The zero-order valence-electron chi connectivity index (χ0n) is 17.0. The van der Waals surface area contributed by atoms with Crippen LogP contribution in [0.25, 0.3) is 0 Å². The molecular weight excluding hydrogens is 479 g/mol. The summed E-state index contributed by atoms with van der Waals surface area (Å²) < 4.78 is 5.42. The average molecular weight is 510 g/mol. The van der Waals surface area contributed by atoms with Crippen molar-refractivity contribution in [2.75, 3.05) is 26.7 Å². The number of hydrogen-bond donors (Lipinski definition) is 2. The first kappa shape index (κ1) is 23.3. The average Bonchev–Trinajstić information content (AvgIpc) is 3.25. The van der Waals surface area contributed by atoms with E-state index in [4.69, 9.17) is 9.41 Å². The SMILES string of the molecule is CNC(=O)CC1CCN(C(=NCc2ccccc2)NCCc2ccco2)CC1.I. The highest BCUT2D eigenvalue weighted by molar-refractivity contribution is 14.0. The first-order chi connectivity index (χ1) is 13.7. The maximum absolute atomic E-state index is 11.6. The lowest BCUT2D eigenvalue weighted by molar-refractivity contribution is -0.121. The van der Waals surface area contributed by atoms with Crippen LogP contribution in [0.2, 0.25) is 0 Å². The largest absolute Gasteiger partial charge is 0.469 e. The second-order valence-corrected chi connectivity index (χ2v) is 7.19. The molecule has 0 radical (unpaired) electrons. The van der Waals surface area contributed by atoms with Gasteiger partial charge in [-0.1, -0.05) is 30.3 Å². The van der Waals surface area contributed by atoms with Gasteiger partial charge in [0.2, 0.25) is 5.91 Å². The minimum Gasteiger partial charge on any atom is -0.469 e. The smallest absolute Gasteiger partial charge is 0.220 e. The van der Waals surface area contributed by atoms with Crippen molar-refractivity contribution in [2.24, 2.45) is 10.9 Å². The molecule has 29 heavy (non-hydrogen) atoms. The maximum atomic E-state index is 11.6. The van der Waals surface area contributed by atoms with E-state index in [-0.39, 0.29) is 29.9 Å². The number of likely N-dealkylation sites (tertiary alicyclic amines) is 1. The number of benzene rings is 1. The van der Waals surface area contributed by atoms with Crippen molar-refractivity contribution >= 4 is 35.8 Å². The molecule has 0 aliphatic carbocycles. The molecule has 0 saturated carbocycles. The van der Waals surface area contributed by atoms with Gasteiger partial charge in [-0.05, 0) is 36.5 Å². The third-order valence-corrected chi connectivity index (χ3v) is 5.16. The van der Waals surface area contributed by atoms with Crippen LogP contribution in [0.3, 0.4) is 0 Å². The lowest BCUT2D eigenvalue weighted by atomic mass is 9.93. The summed E-state index contributed by atoms with van der Waals surface area (Å²) in [6, 6.07) is 14.2. The van der Waals surface area contributed by atoms with E-state index in [1.54, 1.807) is 13.3 Å². The zero-order valence-corrected chi connectivity index (χ0v) is 19.3. The fourth-order valence-corrected chi connectivity index (χ4v) is 3.48. The van der Waals surface area contributed by atoms with Gasteiger partial charge in [-0.3, -0.25) is 4.79 Å². The molecule has 0 atom stereocenters. The highest BCUT2D eigenvalue weighted by atomic mass is 127. The van der Waals surface area contributed by atoms with Crippen LogP contribution in [-0.4, -0.2) is 43.4 Å². The van der Waals surface area contributed by atoms with E-state index in [1.165, 1.54) is 5.56 Å². The first-order valence-electron chi connectivity index (χ1n) is 10.0. The van der Waals surface area contributed by atoms with Gasteiger partial charge in [-0.15, -0.1) is 24.0 Å². The molecule has 6 nitrogen and oxygen atoms in total. The van der Waals surface area contributed by atoms with Crippen LogP contribution in [0.4, 0.5) is 0 Å². The molecule has 0 spiro atoms. The molecule has 1 saturated heterocycles. The summed E-state index contributed by atoms with van der Waals surface area (Å²) in [5, 5.41) is 6.23. The quantitative estimate of drug-likeness (QED) is 0.340. The van der Waals surface area contributed by atoms with Gasteiger partial charge in [-0.25, -0.2) is 4.99 Å². The van der Waals surface area contributed by atoms with Gasteiger partial charge in [0.15, 0.2) is 5.96 Å². The predicted octanol–water partition coefficient (Wildman–Crippen LogP) is 3.43. The number of piperidine rings is 1. The fourth-order valence-electron chi connectivity index (χ4n) is 3.48. The number of aliphatic imine (C=N–C) groups is 1. The molecular formula is C22H31IN4O2. The topological polar surface area (TPSA) is 69.9 Å². The van der Waals surface area contributed by atoms with Crippen molar-refractivity contribution in [2.45, 2.75) is 32.2 Å². The van der Waals surface area contributed by atoms with E-state index in [2.05, 4.69) is 27.7 Å². The normalized spacial score (nSPS) is 14.9. The van der Waals surface area contributed by atoms with Gasteiger partial charge in [0.1, 0.15) is 5.76 Å². The molecule has 1 aromatic heterocycles. The summed E-state index contributed by atoms with van der Waals surface area (Å²) in [4.78, 5) is 18.8. The lowest BCUT2D eigenvalue weighted by Gasteiger charge is -2.34. The molecule has 1 aliphatic rings. The van der Waals surface area contributed by atoms with E-state index in [1.807, 2.05) is 30.3 Å². The molecule has 2 aromatic rings. The van der Waals surface area contributed by atoms with Crippen molar-refractivity contribution < 1.29 is 9.21 Å². The lowest BCUT2D eigenvalue weighted by Crippen LogP contribution is -2.46. The molecule has 2 N–H and O–H groups in total. The third-order valence-electron chi connectivity index (χ3n) is 5.16. The van der Waals surface area contributed by atoms with Gasteiger partial charge in [0.05, 0.1) is 12.8 Å². The summed E-state index contributed by atoms with van der Waals surface area (Å²) in [5.74, 6) is 2.50. The Bertz CT molecular complexity index is 741. The fraction of sp³-hybridized carbons (Fsp3) is 0.455. The Balaban J connectivity index is 0.00000300. The summed E-state index contributed by atoms with van der Waals surface area (Å²) in [6.45, 7) is 3.27. The standard InChI is InChI=1S/C22H30N4O2.HI/c1-23-21(27)16-18-10-13-26(14-11-18)22(24-12-9-20-8-5-15-28-20)25-17-19-6-3-2-4-7-19;/h2-8,15,18H,9-14,16-17H2,1H3,(H,23,27)(H,24,25);1H. The second kappa shape index (κ2) is 12.5. The van der Waals surface area contributed by atoms with E-state index < -0.39 is 0 Å². The Morgan fingerprint density at radius 2 is 1.93 bits per heavy atom. The molecule has 1 fully saturated rings. The highest BCUT2D eigenvalue weighted by Crippen LogP contribution is 2.20. The van der Waals surface area contributed by atoms with Gasteiger partial charge >= 0.3 is 0 Å². The Hall–Kier alpha value is -2.03. The van der Waals surface area contributed by atoms with Crippen molar-refractivity contribution in [1.29, 1.82) is 0 Å². The second-order valence-electron chi connectivity index (χ2n) is 7.19. The maximum Gasteiger partial charge on any atom is 0.220 e. The Kier molecular flexibility index (Phi) is 10.0. The van der Waals surface area contributed by atoms with E-state index in [9.17, 15) is 4.79 Å². The Morgan fingerprint density at radius 3 is 2.59 bits per heavy atom. The summed E-state index contributed by atoms with van der Waals surface area (Å²) in [7, 11) is 1.70. The molecule has 1 aliphatic heterocycles. The van der Waals surface area contributed by atoms with Gasteiger partial charge in [0, 0.05) is 39.5 Å². The molecule has 0 bridgehead atoms. The minimum atomic E-state index is 0. The van der Waals surface area contributed by atoms with Crippen LogP contribution >= 0.6 is 24.0 Å². The van der Waals surface area contributed by atoms with Gasteiger partial charge < -0.3 is 20.0 Å². The van der Waals surface area contributed by atoms with E-state index >= 15 is 0 Å². The van der Waals surface area contributed by atoms with Crippen LogP contribution in [0.15, 0.2) is 58.1 Å². The highest BCUT2D eigenvalue weighted by Gasteiger charge is 2.23. The summed E-state index contributed by atoms with van der Waals surface area (Å²) >= 11 is 0. The zero-order chi connectivity index (χ0) is 19.6. The van der Waals surface area contributed by atoms with Crippen LogP contribution < -0.4 is 10.6 Å². The molecule has 0 unspecified atom stereocenters. The number of guanidine groups is 1. The predicted molar refractivity (Wildman–Crippen MR) is 126 cm³/mol. The van der Waals surface area contributed by atoms with E-state index in [0.29, 0.717) is 18.9 Å². The molecule has 2 heterocycles. The number of nitrogens with one attached hydrogen (secondary N) is 2. The summed E-state index contributed by atoms with van der Waals surface area (Å²) in [5.41, 5.74) is 1.20. The van der Waals surface area contributed by atoms with Crippen LogP contribution in [-0.2, 0) is 17.8 Å². The first-order valence-corrected chi connectivity index (χ1v) is 10.0. The van der Waals surface area contributed by atoms with Crippen molar-refractivity contribution in [3.05, 3.63) is 60.1 Å². The van der Waals surface area contributed by atoms with Crippen LogP contribution in [0, 0.1) is 5.92 Å². The molecule has 158 valence electrons. The molecule has 1 amide bonds. The van der Waals surface area contributed by atoms with Crippen molar-refractivity contribution in [1.82, 2.24) is 15.5 Å². The third kappa shape index (κ3) is 7.72. The number of carbonyl (C=O) groups excluding carboxylic acids is 1. The molecule has 7 heteroatoms. The summed E-state index contributed by atoms with van der Waals surface area (Å²) in [6.07, 6.45) is 5.17. The molecule has 1 aromatic carbocycles. The number of carbonyl (C=O) groups is 1. The number of halogens is 1. The number of amides is 1. The minimum absolute atomic E-state index is 0. The monoisotopic (exact) mass is 510 g/mol. The van der Waals surface area contributed by atoms with Crippen molar-refractivity contribution in [3.63, 3.8) is 0 Å². The van der Waals surface area contributed by atoms with Gasteiger partial charge in [0.25, 0.3) is 0 Å². The number of hydrogen-bond acceptors (Lipinski definition) is 3. The Morgan fingerprint density at radius 1 is 1.17 bits per heavy atom. The number of nitrogens with zero attached hydrogens (tertiary/aromatic N) is 2. The van der Waals surface area contributed by atoms with Crippen LogP contribution in [0.1, 0.15) is 30.6 Å². The Labute approximate surface area is 190 Å². The van der Waals surface area contributed by atoms with Gasteiger partial charge in [-0.2, -0.15) is 0 Å². The van der Waals surface area contributed by atoms with Crippen LogP contribution in [0.5, 0.6) is 0 Å². The number of rotatable bonds is 7. The van der Waals surface area contributed by atoms with Crippen molar-refractivity contribution in [3.8, 4) is 0 Å².